The molecule has 0 aliphatic heterocycles. The average Bonchev–Trinajstić information content (AvgIpc) is 2.87. The van der Waals surface area contributed by atoms with Crippen LogP contribution in [0.4, 0.5) is 18.9 Å². The second-order valence-electron chi connectivity index (χ2n) is 4.36. The predicted molar refractivity (Wildman–Crippen MR) is 69.2 cm³/mol. The molecule has 1 unspecified atom stereocenters. The van der Waals surface area contributed by atoms with Crippen molar-refractivity contribution in [1.29, 1.82) is 0 Å². The Kier molecular flexibility index (Phi) is 4.17. The van der Waals surface area contributed by atoms with Crippen molar-refractivity contribution in [2.45, 2.75) is 26.1 Å². The topological polar surface area (TPSA) is 74.2 Å². The van der Waals surface area contributed by atoms with Crippen molar-refractivity contribution < 1.29 is 22.4 Å². The number of hydrogen-bond acceptors (Lipinski definition) is 5. The normalized spacial score (nSPS) is 13.4. The van der Waals surface area contributed by atoms with E-state index < -0.39 is 17.8 Å². The molecule has 0 aliphatic carbocycles. The van der Waals surface area contributed by atoms with E-state index in [9.17, 15) is 13.2 Å². The van der Waals surface area contributed by atoms with Crippen LogP contribution >= 0.6 is 0 Å². The van der Waals surface area contributed by atoms with Crippen LogP contribution < -0.4 is 5.73 Å². The van der Waals surface area contributed by atoms with Gasteiger partial charge in [0.1, 0.15) is 6.10 Å². The van der Waals surface area contributed by atoms with E-state index in [4.69, 9.17) is 15.0 Å². The third-order valence-corrected chi connectivity index (χ3v) is 2.83. The minimum Gasteiger partial charge on any atom is -0.398 e. The molecular formula is C13H14F3N3O2. The van der Waals surface area contributed by atoms with Crippen LogP contribution in [-0.2, 0) is 10.9 Å². The zero-order valence-corrected chi connectivity index (χ0v) is 11.4. The second-order valence-corrected chi connectivity index (χ2v) is 4.36. The molecule has 1 aromatic carbocycles. The summed E-state index contributed by atoms with van der Waals surface area (Å²) in [4.78, 5) is 4.03. The number of halogens is 3. The quantitative estimate of drug-likeness (QED) is 0.876. The molecule has 1 aromatic heterocycles. The van der Waals surface area contributed by atoms with Crippen molar-refractivity contribution in [3.63, 3.8) is 0 Å². The summed E-state index contributed by atoms with van der Waals surface area (Å²) in [5, 5.41) is 3.70. The van der Waals surface area contributed by atoms with Gasteiger partial charge >= 0.3 is 6.18 Å². The Balaban J connectivity index is 2.38. The van der Waals surface area contributed by atoms with Gasteiger partial charge in [-0.2, -0.15) is 18.2 Å². The lowest BCUT2D eigenvalue weighted by Crippen LogP contribution is -2.06. The lowest BCUT2D eigenvalue weighted by molar-refractivity contribution is -0.137. The highest BCUT2D eigenvalue weighted by molar-refractivity contribution is 5.71. The van der Waals surface area contributed by atoms with Crippen LogP contribution in [0, 0.1) is 0 Å². The molecule has 0 saturated carbocycles. The number of benzene rings is 1. The molecule has 0 amide bonds. The lowest BCUT2D eigenvalue weighted by Gasteiger charge is -2.08. The summed E-state index contributed by atoms with van der Waals surface area (Å²) < 4.78 is 48.4. The van der Waals surface area contributed by atoms with Gasteiger partial charge in [0.05, 0.1) is 11.1 Å². The van der Waals surface area contributed by atoms with Crippen LogP contribution in [-0.4, -0.2) is 16.7 Å². The fourth-order valence-electron chi connectivity index (χ4n) is 1.75. The molecule has 0 aliphatic rings. The molecule has 2 rings (SSSR count). The first kappa shape index (κ1) is 15.3. The number of nitrogen functional groups attached to an aromatic ring is 1. The highest BCUT2D eigenvalue weighted by Crippen LogP contribution is 2.34. The molecule has 0 fully saturated rings. The average molecular weight is 301 g/mol. The van der Waals surface area contributed by atoms with Gasteiger partial charge in [-0.25, -0.2) is 0 Å². The first-order valence-electron chi connectivity index (χ1n) is 6.25. The fraction of sp³-hybridized carbons (Fsp3) is 0.385. The van der Waals surface area contributed by atoms with Gasteiger partial charge in [-0.05, 0) is 32.0 Å². The summed E-state index contributed by atoms with van der Waals surface area (Å²) in [6.45, 7) is 3.98. The number of ether oxygens (including phenoxy) is 1. The van der Waals surface area contributed by atoms with Crippen LogP contribution in [0.25, 0.3) is 11.5 Å². The zero-order valence-electron chi connectivity index (χ0n) is 11.4. The van der Waals surface area contributed by atoms with Crippen LogP contribution in [0.15, 0.2) is 22.7 Å². The van der Waals surface area contributed by atoms with Crippen molar-refractivity contribution in [3.8, 4) is 11.5 Å². The Morgan fingerprint density at radius 2 is 2.10 bits per heavy atom. The number of anilines is 1. The van der Waals surface area contributed by atoms with E-state index in [0.29, 0.717) is 6.61 Å². The van der Waals surface area contributed by atoms with Gasteiger partial charge in [0.25, 0.3) is 5.89 Å². The van der Waals surface area contributed by atoms with Crippen molar-refractivity contribution in [2.24, 2.45) is 0 Å². The smallest absolute Gasteiger partial charge is 0.398 e. The van der Waals surface area contributed by atoms with Crippen LogP contribution in [0.1, 0.15) is 31.3 Å². The Morgan fingerprint density at radius 1 is 1.38 bits per heavy atom. The summed E-state index contributed by atoms with van der Waals surface area (Å²) >= 11 is 0. The Hall–Kier alpha value is -2.09. The molecule has 1 heterocycles. The van der Waals surface area contributed by atoms with E-state index in [2.05, 4.69) is 10.1 Å². The first-order chi connectivity index (χ1) is 9.82. The van der Waals surface area contributed by atoms with E-state index in [1.807, 2.05) is 6.92 Å². The lowest BCUT2D eigenvalue weighted by atomic mass is 10.1. The highest BCUT2D eigenvalue weighted by Gasteiger charge is 2.31. The number of nitrogens with zero attached hydrogens (tertiary/aromatic N) is 2. The third-order valence-electron chi connectivity index (χ3n) is 2.83. The molecular weight excluding hydrogens is 287 g/mol. The predicted octanol–water partition coefficient (Wildman–Crippen LogP) is 3.44. The van der Waals surface area contributed by atoms with Gasteiger partial charge in [-0.3, -0.25) is 0 Å². The molecule has 1 atom stereocenters. The monoisotopic (exact) mass is 301 g/mol. The highest BCUT2D eigenvalue weighted by atomic mass is 19.4. The molecule has 5 nitrogen and oxygen atoms in total. The second kappa shape index (κ2) is 5.72. The third kappa shape index (κ3) is 3.33. The van der Waals surface area contributed by atoms with Crippen LogP contribution in [0.3, 0.4) is 0 Å². The maximum absolute atomic E-state index is 12.7. The van der Waals surface area contributed by atoms with Gasteiger partial charge in [0.15, 0.2) is 0 Å². The SMILES string of the molecule is CCOC(C)c1noc(-c2cc(C(F)(F)F)ccc2N)n1. The van der Waals surface area contributed by atoms with Gasteiger partial charge in [-0.1, -0.05) is 5.16 Å². The standard InChI is InChI=1S/C13H14F3N3O2/c1-3-20-7(2)11-18-12(21-19-11)9-6-8(13(14,15)16)4-5-10(9)17/h4-7H,3,17H2,1-2H3. The fourth-order valence-corrected chi connectivity index (χ4v) is 1.75. The number of hydrogen-bond donors (Lipinski definition) is 1. The van der Waals surface area contributed by atoms with Gasteiger partial charge < -0.3 is 15.0 Å². The molecule has 8 heteroatoms. The number of aromatic nitrogens is 2. The van der Waals surface area contributed by atoms with Gasteiger partial charge in [0.2, 0.25) is 5.82 Å². The first-order valence-corrected chi connectivity index (χ1v) is 6.25. The number of alkyl halides is 3. The van der Waals surface area contributed by atoms with Crippen molar-refractivity contribution in [1.82, 2.24) is 10.1 Å². The molecule has 0 bridgehead atoms. The molecule has 0 saturated heterocycles. The summed E-state index contributed by atoms with van der Waals surface area (Å²) in [6.07, 6.45) is -4.89. The minimum atomic E-state index is -4.47. The summed E-state index contributed by atoms with van der Waals surface area (Å²) in [5.41, 5.74) is 5.03. The van der Waals surface area contributed by atoms with Crippen molar-refractivity contribution in [3.05, 3.63) is 29.6 Å². The molecule has 0 spiro atoms. The largest absolute Gasteiger partial charge is 0.416 e. The molecule has 2 N–H and O–H groups in total. The van der Waals surface area contributed by atoms with Gasteiger partial charge in [-0.15, -0.1) is 0 Å². The van der Waals surface area contributed by atoms with Gasteiger partial charge in [0, 0.05) is 12.3 Å². The summed E-state index contributed by atoms with van der Waals surface area (Å²) in [7, 11) is 0. The minimum absolute atomic E-state index is 0.0484. The number of rotatable bonds is 4. The molecule has 0 radical (unpaired) electrons. The number of nitrogens with two attached hydrogens (primary N) is 1. The Morgan fingerprint density at radius 3 is 2.71 bits per heavy atom. The zero-order chi connectivity index (χ0) is 15.6. The van der Waals surface area contributed by atoms with Crippen molar-refractivity contribution >= 4 is 5.69 Å². The summed E-state index contributed by atoms with van der Waals surface area (Å²) in [6, 6.07) is 2.95. The Bertz CT molecular complexity index is 625. The van der Waals surface area contributed by atoms with E-state index in [1.165, 1.54) is 0 Å². The van der Waals surface area contributed by atoms with Crippen molar-refractivity contribution in [2.75, 3.05) is 12.3 Å². The summed E-state index contributed by atoms with van der Waals surface area (Å²) in [5.74, 6) is 0.184. The van der Waals surface area contributed by atoms with Crippen LogP contribution in [0.5, 0.6) is 0 Å². The maximum atomic E-state index is 12.7. The van der Waals surface area contributed by atoms with E-state index >= 15 is 0 Å². The Labute approximate surface area is 118 Å². The van der Waals surface area contributed by atoms with E-state index in [1.54, 1.807) is 6.92 Å². The molecule has 114 valence electrons. The molecule has 2 aromatic rings. The van der Waals surface area contributed by atoms with E-state index in [0.717, 1.165) is 18.2 Å². The van der Waals surface area contributed by atoms with E-state index in [-0.39, 0.29) is 23.0 Å². The molecule has 21 heavy (non-hydrogen) atoms. The van der Waals surface area contributed by atoms with Crippen LogP contribution in [0.2, 0.25) is 0 Å². The maximum Gasteiger partial charge on any atom is 0.416 e.